The van der Waals surface area contributed by atoms with Crippen molar-refractivity contribution in [1.82, 2.24) is 19.8 Å². The zero-order valence-corrected chi connectivity index (χ0v) is 24.7. The van der Waals surface area contributed by atoms with Gasteiger partial charge in [0.15, 0.2) is 5.82 Å². The lowest BCUT2D eigenvalue weighted by molar-refractivity contribution is -0.132. The number of hydrogen-bond acceptors (Lipinski definition) is 6. The third-order valence-electron chi connectivity index (χ3n) is 5.95. The molecule has 0 radical (unpaired) electrons. The fourth-order valence-corrected chi connectivity index (χ4v) is 3.59. The molecule has 2 aromatic carbocycles. The Morgan fingerprint density at radius 1 is 1.05 bits per heavy atom. The number of ether oxygens (including phenoxy) is 1. The highest BCUT2D eigenvalue weighted by Crippen LogP contribution is 2.22. The molecule has 1 unspecified atom stereocenters. The fraction of sp³-hybridized carbons (Fsp3) is 0.357. The highest BCUT2D eigenvalue weighted by atomic mass is 35.5. The Kier molecular flexibility index (Phi) is 13.8. The van der Waals surface area contributed by atoms with Gasteiger partial charge < -0.3 is 30.6 Å². The van der Waals surface area contributed by atoms with Crippen molar-refractivity contribution in [2.75, 3.05) is 25.5 Å². The zero-order chi connectivity index (χ0) is 27.7. The second-order valence-electron chi connectivity index (χ2n) is 9.61. The van der Waals surface area contributed by atoms with Gasteiger partial charge in [0.25, 0.3) is 5.91 Å². The molecule has 3 amide bonds. The van der Waals surface area contributed by atoms with Gasteiger partial charge in [-0.15, -0.1) is 24.8 Å². The van der Waals surface area contributed by atoms with E-state index in [9.17, 15) is 14.4 Å². The normalized spacial score (nSPS) is 12.2. The van der Waals surface area contributed by atoms with E-state index in [0.29, 0.717) is 6.54 Å². The summed E-state index contributed by atoms with van der Waals surface area (Å²) in [6, 6.07) is 17.2. The molecule has 218 valence electrons. The van der Waals surface area contributed by atoms with Gasteiger partial charge in [0.05, 0.1) is 25.1 Å². The molecule has 1 heterocycles. The van der Waals surface area contributed by atoms with Crippen LogP contribution in [0.4, 0.5) is 5.82 Å². The Hall–Kier alpha value is -3.44. The smallest absolute Gasteiger partial charge is 0.250 e. The molecule has 0 saturated carbocycles. The standard InChI is InChI=1S/C28H36N6O4.2ClH/c1-5-33(4)26(36)24(21-14-10-7-11-15-21)34-16-23(30-19-34)32-25(35)22(31-27(37)28(2,3)29)18-38-17-20-12-8-6-9-13-20;;/h6-16,19,22,24H,5,17-18,29H2,1-4H3,(H,31,37)(H,32,35);2*1H/t22-,24?;;/m1../s1. The molecule has 3 aromatic rings. The Morgan fingerprint density at radius 3 is 2.23 bits per heavy atom. The maximum atomic E-state index is 13.2. The summed E-state index contributed by atoms with van der Waals surface area (Å²) >= 11 is 0. The molecular formula is C28H38Cl2N6O4. The third-order valence-corrected chi connectivity index (χ3v) is 5.95. The van der Waals surface area contributed by atoms with Crippen molar-refractivity contribution in [3.8, 4) is 0 Å². The zero-order valence-electron chi connectivity index (χ0n) is 23.1. The van der Waals surface area contributed by atoms with Crippen LogP contribution >= 0.6 is 24.8 Å². The van der Waals surface area contributed by atoms with Gasteiger partial charge in [0.1, 0.15) is 12.1 Å². The van der Waals surface area contributed by atoms with Crippen LogP contribution in [0.15, 0.2) is 73.2 Å². The number of anilines is 1. The molecule has 0 saturated heterocycles. The number of likely N-dealkylation sites (N-methyl/N-ethyl adjacent to an activating group) is 1. The van der Waals surface area contributed by atoms with E-state index in [4.69, 9.17) is 10.5 Å². The number of benzene rings is 2. The number of halogens is 2. The monoisotopic (exact) mass is 592 g/mol. The maximum absolute atomic E-state index is 13.2. The highest BCUT2D eigenvalue weighted by Gasteiger charge is 2.29. The van der Waals surface area contributed by atoms with Crippen LogP contribution in [0.1, 0.15) is 37.9 Å². The van der Waals surface area contributed by atoms with E-state index in [-0.39, 0.29) is 49.8 Å². The number of amides is 3. The molecular weight excluding hydrogens is 555 g/mol. The van der Waals surface area contributed by atoms with Crippen LogP contribution in [-0.2, 0) is 25.7 Å². The van der Waals surface area contributed by atoms with Gasteiger partial charge in [-0.05, 0) is 31.9 Å². The first-order chi connectivity index (χ1) is 18.1. The molecule has 4 N–H and O–H groups in total. The minimum atomic E-state index is -1.19. The van der Waals surface area contributed by atoms with Crippen molar-refractivity contribution in [2.24, 2.45) is 5.73 Å². The number of carbonyl (C=O) groups is 3. The third kappa shape index (κ3) is 9.63. The van der Waals surface area contributed by atoms with Crippen LogP contribution in [0, 0.1) is 0 Å². The van der Waals surface area contributed by atoms with Crippen molar-refractivity contribution in [1.29, 1.82) is 0 Å². The first-order valence-corrected chi connectivity index (χ1v) is 12.5. The largest absolute Gasteiger partial charge is 0.374 e. The lowest BCUT2D eigenvalue weighted by atomic mass is 10.1. The van der Waals surface area contributed by atoms with Crippen molar-refractivity contribution in [3.63, 3.8) is 0 Å². The fourth-order valence-electron chi connectivity index (χ4n) is 3.59. The van der Waals surface area contributed by atoms with Crippen LogP contribution in [0.25, 0.3) is 0 Å². The summed E-state index contributed by atoms with van der Waals surface area (Å²) in [6.07, 6.45) is 3.09. The van der Waals surface area contributed by atoms with Crippen LogP contribution in [0.2, 0.25) is 0 Å². The topological polar surface area (TPSA) is 132 Å². The average Bonchev–Trinajstić information content (AvgIpc) is 3.35. The summed E-state index contributed by atoms with van der Waals surface area (Å²) in [5.74, 6) is -0.895. The number of nitrogens with two attached hydrogens (primary N) is 1. The summed E-state index contributed by atoms with van der Waals surface area (Å²) in [5, 5.41) is 5.39. The SMILES string of the molecule is CCN(C)C(=O)C(c1ccccc1)n1cnc(NC(=O)[C@@H](COCc2ccccc2)NC(=O)C(C)(C)N)c1.Cl.Cl. The lowest BCUT2D eigenvalue weighted by Gasteiger charge is -2.24. The predicted molar refractivity (Wildman–Crippen MR) is 160 cm³/mol. The number of hydrogen-bond donors (Lipinski definition) is 3. The summed E-state index contributed by atoms with van der Waals surface area (Å²) in [7, 11) is 1.74. The van der Waals surface area contributed by atoms with Gasteiger partial charge in [-0.2, -0.15) is 0 Å². The second-order valence-corrected chi connectivity index (χ2v) is 9.61. The number of carbonyl (C=O) groups excluding carboxylic acids is 3. The Bertz CT molecular complexity index is 1220. The van der Waals surface area contributed by atoms with Gasteiger partial charge in [0, 0.05) is 19.8 Å². The number of nitrogens with zero attached hydrogens (tertiary/aromatic N) is 3. The van der Waals surface area contributed by atoms with Crippen molar-refractivity contribution >= 4 is 48.4 Å². The molecule has 2 atom stereocenters. The van der Waals surface area contributed by atoms with Gasteiger partial charge >= 0.3 is 0 Å². The second kappa shape index (κ2) is 16.0. The van der Waals surface area contributed by atoms with E-state index in [1.807, 2.05) is 67.6 Å². The number of rotatable bonds is 12. The summed E-state index contributed by atoms with van der Waals surface area (Å²) in [6.45, 7) is 5.75. The Balaban J connectivity index is 0.00000400. The van der Waals surface area contributed by atoms with Gasteiger partial charge in [0.2, 0.25) is 11.8 Å². The van der Waals surface area contributed by atoms with Crippen molar-refractivity contribution in [2.45, 2.75) is 45.0 Å². The quantitative estimate of drug-likeness (QED) is 0.296. The average molecular weight is 594 g/mol. The molecule has 3 rings (SSSR count). The van der Waals surface area contributed by atoms with Gasteiger partial charge in [-0.1, -0.05) is 60.7 Å². The van der Waals surface area contributed by atoms with Crippen molar-refractivity contribution < 1.29 is 19.1 Å². The molecule has 10 nitrogen and oxygen atoms in total. The predicted octanol–water partition coefficient (Wildman–Crippen LogP) is 3.17. The molecule has 1 aromatic heterocycles. The van der Waals surface area contributed by atoms with E-state index < -0.39 is 29.4 Å². The van der Waals surface area contributed by atoms with Crippen LogP contribution in [0.5, 0.6) is 0 Å². The minimum absolute atomic E-state index is 0. The minimum Gasteiger partial charge on any atom is -0.374 e. The maximum Gasteiger partial charge on any atom is 0.250 e. The first kappa shape index (κ1) is 34.6. The molecule has 0 aliphatic heterocycles. The number of aromatic nitrogens is 2. The summed E-state index contributed by atoms with van der Waals surface area (Å²) in [4.78, 5) is 44.8. The molecule has 0 spiro atoms. The number of nitrogens with one attached hydrogen (secondary N) is 2. The van der Waals surface area contributed by atoms with E-state index >= 15 is 0 Å². The molecule has 12 heteroatoms. The van der Waals surface area contributed by atoms with E-state index in [0.717, 1.165) is 11.1 Å². The molecule has 40 heavy (non-hydrogen) atoms. The lowest BCUT2D eigenvalue weighted by Crippen LogP contribution is -2.56. The summed E-state index contributed by atoms with van der Waals surface area (Å²) < 4.78 is 7.39. The molecule has 0 fully saturated rings. The Morgan fingerprint density at radius 2 is 1.65 bits per heavy atom. The molecule has 0 bridgehead atoms. The van der Waals surface area contributed by atoms with Crippen LogP contribution in [-0.4, -0.2) is 64.0 Å². The van der Waals surface area contributed by atoms with Crippen LogP contribution in [0.3, 0.4) is 0 Å². The molecule has 0 aliphatic carbocycles. The van der Waals surface area contributed by atoms with Crippen LogP contribution < -0.4 is 16.4 Å². The highest BCUT2D eigenvalue weighted by molar-refractivity contribution is 5.98. The van der Waals surface area contributed by atoms with Gasteiger partial charge in [-0.3, -0.25) is 14.4 Å². The first-order valence-electron chi connectivity index (χ1n) is 12.5. The molecule has 0 aliphatic rings. The summed E-state index contributed by atoms with van der Waals surface area (Å²) in [5.41, 5.74) is 6.46. The number of imidazole rings is 1. The Labute approximate surface area is 247 Å². The van der Waals surface area contributed by atoms with E-state index in [2.05, 4.69) is 15.6 Å². The van der Waals surface area contributed by atoms with E-state index in [1.165, 1.54) is 6.33 Å². The van der Waals surface area contributed by atoms with Gasteiger partial charge in [-0.25, -0.2) is 4.98 Å². The van der Waals surface area contributed by atoms with Crippen molar-refractivity contribution in [3.05, 3.63) is 84.3 Å². The van der Waals surface area contributed by atoms with E-state index in [1.54, 1.807) is 36.6 Å².